The Bertz CT molecular complexity index is 1620. The van der Waals surface area contributed by atoms with Crippen molar-refractivity contribution in [2.45, 2.75) is 11.6 Å². The lowest BCUT2D eigenvalue weighted by atomic mass is 10.1. The summed E-state index contributed by atoms with van der Waals surface area (Å²) in [6.45, 7) is 2.13. The molecule has 2 aliphatic rings. The van der Waals surface area contributed by atoms with Crippen molar-refractivity contribution in [3.8, 4) is 11.5 Å². The average Bonchev–Trinajstić information content (AvgIpc) is 3.59. The number of hydrogen-bond acceptors (Lipinski definition) is 10. The van der Waals surface area contributed by atoms with Gasteiger partial charge < -0.3 is 24.5 Å². The zero-order chi connectivity index (χ0) is 27.5. The number of nitrogens with one attached hydrogen (secondary N) is 2. The van der Waals surface area contributed by atoms with Gasteiger partial charge in [-0.3, -0.25) is 14.9 Å². The van der Waals surface area contributed by atoms with Gasteiger partial charge in [-0.15, -0.1) is 11.3 Å². The molecule has 0 atom stereocenters. The SMILES string of the molecule is O=C(CSc1nc2sc(Cc3ccccc3)cc2c(=O)n1N1CCOCC1)NC(=O)Nc1ccc2c(c1)OCO2. The number of fused-ring (bicyclic) bond motifs is 2. The molecule has 2 aromatic heterocycles. The van der Waals surface area contributed by atoms with Gasteiger partial charge >= 0.3 is 6.03 Å². The summed E-state index contributed by atoms with van der Waals surface area (Å²) >= 11 is 2.57. The van der Waals surface area contributed by atoms with Crippen LogP contribution in [0.1, 0.15) is 10.4 Å². The lowest BCUT2D eigenvalue weighted by molar-refractivity contribution is -0.117. The Labute approximate surface area is 237 Å². The third-order valence-corrected chi connectivity index (χ3v) is 8.23. The lowest BCUT2D eigenvalue weighted by Gasteiger charge is -2.31. The molecule has 4 aromatic rings. The fourth-order valence-electron chi connectivity index (χ4n) is 4.41. The Kier molecular flexibility index (Phi) is 7.58. The molecule has 0 spiro atoms. The second kappa shape index (κ2) is 11.6. The van der Waals surface area contributed by atoms with E-state index in [1.54, 1.807) is 18.2 Å². The molecule has 1 fully saturated rings. The summed E-state index contributed by atoms with van der Waals surface area (Å²) in [7, 11) is 0. The fourth-order valence-corrected chi connectivity index (χ4v) is 6.33. The summed E-state index contributed by atoms with van der Waals surface area (Å²) < 4.78 is 17.6. The van der Waals surface area contributed by atoms with Crippen LogP contribution in [0, 0.1) is 0 Å². The third-order valence-electron chi connectivity index (χ3n) is 6.27. The summed E-state index contributed by atoms with van der Waals surface area (Å²) in [5.74, 6) is 0.468. The van der Waals surface area contributed by atoms with E-state index in [0.29, 0.717) is 65.3 Å². The van der Waals surface area contributed by atoms with Crippen molar-refractivity contribution in [1.29, 1.82) is 0 Å². The van der Waals surface area contributed by atoms with Crippen LogP contribution in [0.4, 0.5) is 10.5 Å². The topological polar surface area (TPSA) is 124 Å². The van der Waals surface area contributed by atoms with Gasteiger partial charge in [0, 0.05) is 23.1 Å². The van der Waals surface area contributed by atoms with Crippen molar-refractivity contribution in [3.63, 3.8) is 0 Å². The maximum atomic E-state index is 13.7. The number of carbonyl (C=O) groups is 2. The van der Waals surface area contributed by atoms with Crippen LogP contribution >= 0.6 is 23.1 Å². The molecule has 0 aliphatic carbocycles. The van der Waals surface area contributed by atoms with E-state index < -0.39 is 11.9 Å². The second-order valence-electron chi connectivity index (χ2n) is 9.03. The first-order chi connectivity index (χ1) is 19.5. The standard InChI is InChI=1S/C27H25N5O6S2/c33-23(29-26(35)28-18-6-7-21-22(13-18)38-16-37-21)15-39-27-30-24-20(25(34)32(27)31-8-10-36-11-9-31)14-19(40-24)12-17-4-2-1-3-5-17/h1-7,13-14H,8-12,15-16H2,(H2,28,29,33,35). The molecule has 2 aromatic carbocycles. The Morgan fingerprint density at radius 2 is 1.82 bits per heavy atom. The molecule has 0 bridgehead atoms. The van der Waals surface area contributed by atoms with E-state index in [1.807, 2.05) is 41.4 Å². The van der Waals surface area contributed by atoms with Gasteiger partial charge in [-0.05, 0) is 23.8 Å². The van der Waals surface area contributed by atoms with Crippen LogP contribution in [-0.4, -0.2) is 60.4 Å². The van der Waals surface area contributed by atoms with E-state index in [4.69, 9.17) is 19.2 Å². The van der Waals surface area contributed by atoms with Crippen LogP contribution in [0.3, 0.4) is 0 Å². The molecule has 11 nitrogen and oxygen atoms in total. The first-order valence-electron chi connectivity index (χ1n) is 12.6. The van der Waals surface area contributed by atoms with E-state index in [-0.39, 0.29) is 18.1 Å². The van der Waals surface area contributed by atoms with Gasteiger partial charge in [0.25, 0.3) is 5.56 Å². The van der Waals surface area contributed by atoms with Gasteiger partial charge in [-0.25, -0.2) is 9.78 Å². The molecular weight excluding hydrogens is 554 g/mol. The normalized spacial score (nSPS) is 14.3. The van der Waals surface area contributed by atoms with Crippen LogP contribution in [0.15, 0.2) is 64.5 Å². The molecule has 13 heteroatoms. The number of hydrogen-bond donors (Lipinski definition) is 2. The number of carbonyl (C=O) groups excluding carboxylic acids is 2. The highest BCUT2D eigenvalue weighted by molar-refractivity contribution is 7.99. The van der Waals surface area contributed by atoms with Crippen LogP contribution < -0.4 is 30.7 Å². The van der Waals surface area contributed by atoms with Crippen molar-refractivity contribution in [2.24, 2.45) is 0 Å². The number of thiophene rings is 1. The maximum absolute atomic E-state index is 13.7. The predicted octanol–water partition coefficient (Wildman–Crippen LogP) is 3.19. The van der Waals surface area contributed by atoms with E-state index in [1.165, 1.54) is 16.0 Å². The molecule has 40 heavy (non-hydrogen) atoms. The minimum Gasteiger partial charge on any atom is -0.454 e. The van der Waals surface area contributed by atoms with Crippen molar-refractivity contribution in [2.75, 3.05) is 49.2 Å². The van der Waals surface area contributed by atoms with Gasteiger partial charge in [0.1, 0.15) is 4.83 Å². The summed E-state index contributed by atoms with van der Waals surface area (Å²) in [4.78, 5) is 45.2. The first kappa shape index (κ1) is 26.2. The zero-order valence-electron chi connectivity index (χ0n) is 21.3. The molecule has 0 unspecified atom stereocenters. The van der Waals surface area contributed by atoms with E-state index in [9.17, 15) is 14.4 Å². The first-order valence-corrected chi connectivity index (χ1v) is 14.4. The Morgan fingerprint density at radius 3 is 2.65 bits per heavy atom. The lowest BCUT2D eigenvalue weighted by Crippen LogP contribution is -2.49. The number of thioether (sulfide) groups is 1. The van der Waals surface area contributed by atoms with Crippen molar-refractivity contribution in [1.82, 2.24) is 15.0 Å². The molecule has 3 amide bonds. The van der Waals surface area contributed by atoms with Crippen LogP contribution in [0.25, 0.3) is 10.2 Å². The molecule has 206 valence electrons. The van der Waals surface area contributed by atoms with Gasteiger partial charge in [0.05, 0.1) is 37.4 Å². The van der Waals surface area contributed by atoms with Crippen LogP contribution in [-0.2, 0) is 16.0 Å². The maximum Gasteiger partial charge on any atom is 0.325 e. The summed E-state index contributed by atoms with van der Waals surface area (Å²) in [5, 5.41) is 7.75. The highest BCUT2D eigenvalue weighted by atomic mass is 32.2. The van der Waals surface area contributed by atoms with E-state index >= 15 is 0 Å². The summed E-state index contributed by atoms with van der Waals surface area (Å²) in [5.41, 5.74) is 1.42. The Hall–Kier alpha value is -4.07. The minimum atomic E-state index is -0.678. The fraction of sp³-hybridized carbons (Fsp3) is 0.259. The second-order valence-corrected chi connectivity index (χ2v) is 11.1. The average molecular weight is 580 g/mol. The monoisotopic (exact) mass is 579 g/mol. The molecule has 6 rings (SSSR count). The molecule has 2 N–H and O–H groups in total. The summed E-state index contributed by atoms with van der Waals surface area (Å²) in [6.07, 6.45) is 0.697. The third kappa shape index (κ3) is 5.76. The summed E-state index contributed by atoms with van der Waals surface area (Å²) in [6, 6.07) is 16.2. The Morgan fingerprint density at radius 1 is 1.02 bits per heavy atom. The quantitative estimate of drug-likeness (QED) is 0.251. The van der Waals surface area contributed by atoms with Gasteiger partial charge in [0.2, 0.25) is 12.7 Å². The van der Waals surface area contributed by atoms with Gasteiger partial charge in [-0.2, -0.15) is 4.68 Å². The minimum absolute atomic E-state index is 0.112. The van der Waals surface area contributed by atoms with Crippen LogP contribution in [0.5, 0.6) is 11.5 Å². The van der Waals surface area contributed by atoms with Crippen LogP contribution in [0.2, 0.25) is 0 Å². The van der Waals surface area contributed by atoms with Crippen molar-refractivity contribution >= 4 is 50.9 Å². The molecule has 0 radical (unpaired) electrons. The number of anilines is 1. The number of amides is 3. The Balaban J connectivity index is 1.18. The van der Waals surface area contributed by atoms with Crippen molar-refractivity contribution in [3.05, 3.63) is 75.4 Å². The predicted molar refractivity (Wildman–Crippen MR) is 152 cm³/mol. The number of ether oxygens (including phenoxy) is 3. The van der Waals surface area contributed by atoms with Crippen molar-refractivity contribution < 1.29 is 23.8 Å². The molecule has 4 heterocycles. The number of nitrogens with zero attached hydrogens (tertiary/aromatic N) is 3. The largest absolute Gasteiger partial charge is 0.454 e. The number of imide groups is 1. The number of morpholine rings is 1. The highest BCUT2D eigenvalue weighted by Crippen LogP contribution is 2.34. The van der Waals surface area contributed by atoms with Gasteiger partial charge in [-0.1, -0.05) is 42.1 Å². The van der Waals surface area contributed by atoms with Gasteiger partial charge in [0.15, 0.2) is 16.7 Å². The zero-order valence-corrected chi connectivity index (χ0v) is 22.9. The number of aromatic nitrogens is 2. The van der Waals surface area contributed by atoms with E-state index in [0.717, 1.165) is 22.2 Å². The number of urea groups is 1. The van der Waals surface area contributed by atoms with E-state index in [2.05, 4.69) is 10.6 Å². The molecular formula is C27H25N5O6S2. The molecule has 2 aliphatic heterocycles. The highest BCUT2D eigenvalue weighted by Gasteiger charge is 2.22. The number of rotatable bonds is 7. The number of benzene rings is 2. The molecule has 1 saturated heterocycles. The molecule has 0 saturated carbocycles. The smallest absolute Gasteiger partial charge is 0.325 e.